The van der Waals surface area contributed by atoms with Gasteiger partial charge in [0, 0.05) is 37.3 Å². The summed E-state index contributed by atoms with van der Waals surface area (Å²) < 4.78 is 33.8. The molecule has 1 heterocycles. The molecule has 4 N–H and O–H groups in total. The summed E-state index contributed by atoms with van der Waals surface area (Å²) in [5.41, 5.74) is 7.53. The molecule has 11 heteroatoms. The normalized spacial score (nSPS) is 29.2. The number of fused-ring (bicyclic) bond motifs is 2. The van der Waals surface area contributed by atoms with Crippen molar-refractivity contribution < 1.29 is 43.1 Å². The van der Waals surface area contributed by atoms with Crippen LogP contribution in [-0.2, 0) is 25.4 Å². The van der Waals surface area contributed by atoms with Gasteiger partial charge in [-0.2, -0.15) is 0 Å². The zero-order chi connectivity index (χ0) is 31.6. The zero-order valence-corrected chi connectivity index (χ0v) is 26.1. The van der Waals surface area contributed by atoms with E-state index in [-0.39, 0.29) is 17.7 Å². The van der Waals surface area contributed by atoms with Gasteiger partial charge in [0.15, 0.2) is 17.6 Å². The van der Waals surface area contributed by atoms with Crippen LogP contribution in [0, 0.1) is 11.8 Å². The molecule has 0 fully saturated rings. The number of benzene rings is 1. The van der Waals surface area contributed by atoms with Crippen molar-refractivity contribution in [3.63, 3.8) is 0 Å². The maximum atomic E-state index is 13.2. The van der Waals surface area contributed by atoms with Crippen LogP contribution in [0.1, 0.15) is 39.7 Å². The van der Waals surface area contributed by atoms with Crippen molar-refractivity contribution in [2.75, 3.05) is 40.9 Å². The quantitative estimate of drug-likeness (QED) is 0.415. The number of rotatable bonds is 6. The van der Waals surface area contributed by atoms with E-state index in [2.05, 4.69) is 5.32 Å². The molecule has 0 aromatic heterocycles. The second kappa shape index (κ2) is 16.2. The zero-order valence-electron chi connectivity index (χ0n) is 26.1. The second-order valence-electron chi connectivity index (χ2n) is 10.5. The number of hydrogen-bond acceptors (Lipinski definition) is 9. The summed E-state index contributed by atoms with van der Waals surface area (Å²) in [5, 5.41) is 14.2. The average Bonchev–Trinajstić information content (AvgIpc) is 2.95. The lowest BCUT2D eigenvalue weighted by Gasteiger charge is -2.30. The van der Waals surface area contributed by atoms with Gasteiger partial charge in [-0.25, -0.2) is 4.79 Å². The lowest BCUT2D eigenvalue weighted by Crippen LogP contribution is -2.37. The van der Waals surface area contributed by atoms with Gasteiger partial charge in [0.05, 0.1) is 39.2 Å². The minimum atomic E-state index is -0.967. The van der Waals surface area contributed by atoms with Gasteiger partial charge in [0.2, 0.25) is 0 Å². The molecule has 1 aromatic rings. The monoisotopic (exact) mass is 590 g/mol. The van der Waals surface area contributed by atoms with E-state index in [1.807, 2.05) is 19.9 Å². The number of primary amides is 1. The molecule has 1 unspecified atom stereocenters. The smallest absolute Gasteiger partial charge is 0.405 e. The predicted molar refractivity (Wildman–Crippen MR) is 160 cm³/mol. The molecular formula is C31H46N2O9. The molecule has 2 rings (SSSR count). The maximum Gasteiger partial charge on any atom is 0.405 e. The first-order valence-electron chi connectivity index (χ1n) is 13.8. The van der Waals surface area contributed by atoms with Crippen molar-refractivity contribution >= 4 is 17.7 Å². The number of nitrogens with one attached hydrogen (secondary N) is 1. The van der Waals surface area contributed by atoms with Gasteiger partial charge in [-0.1, -0.05) is 38.2 Å². The first kappa shape index (κ1) is 34.7. The molecule has 0 saturated carbocycles. The minimum Gasteiger partial charge on any atom is -0.494 e. The number of allylic oxidation sites excluding steroid dienone is 2. The van der Waals surface area contributed by atoms with E-state index in [9.17, 15) is 14.7 Å². The molecule has 2 bridgehead atoms. The summed E-state index contributed by atoms with van der Waals surface area (Å²) in [6, 6.07) is 1.65. The SMILES string of the molecule is COc1cc2c(OC)c(c1OC)C[C@@H](C)C[C@H](OC)[C@H](O)[C@@H](C)/C=C(\C)[C@H](OC(N)=O)C(OC)/C=C\C=C(/C)C(=O)N2. The van der Waals surface area contributed by atoms with Gasteiger partial charge in [0.25, 0.3) is 5.91 Å². The van der Waals surface area contributed by atoms with Gasteiger partial charge in [0.1, 0.15) is 11.9 Å². The van der Waals surface area contributed by atoms with Gasteiger partial charge in [-0.3, -0.25) is 4.79 Å². The third kappa shape index (κ3) is 8.73. The van der Waals surface area contributed by atoms with Crippen LogP contribution < -0.4 is 25.3 Å². The largest absolute Gasteiger partial charge is 0.494 e. The van der Waals surface area contributed by atoms with E-state index in [0.29, 0.717) is 52.5 Å². The third-order valence-electron chi connectivity index (χ3n) is 7.37. The van der Waals surface area contributed by atoms with Crippen molar-refractivity contribution in [1.82, 2.24) is 0 Å². The number of anilines is 1. The topological polar surface area (TPSA) is 148 Å². The first-order chi connectivity index (χ1) is 19.9. The van der Waals surface area contributed by atoms with Crippen LogP contribution in [0.2, 0.25) is 0 Å². The van der Waals surface area contributed by atoms with Gasteiger partial charge < -0.3 is 44.6 Å². The van der Waals surface area contributed by atoms with Crippen LogP contribution in [0.25, 0.3) is 0 Å². The van der Waals surface area contributed by atoms with E-state index >= 15 is 0 Å². The average molecular weight is 591 g/mol. The van der Waals surface area contributed by atoms with E-state index in [1.54, 1.807) is 52.4 Å². The number of nitrogens with two attached hydrogens (primary N) is 1. The number of ether oxygens (including phenoxy) is 6. The molecule has 0 spiro atoms. The van der Waals surface area contributed by atoms with E-state index in [4.69, 9.17) is 34.2 Å². The molecule has 1 aliphatic heterocycles. The molecule has 1 aromatic carbocycles. The number of carbonyl (C=O) groups is 2. The van der Waals surface area contributed by atoms with Crippen LogP contribution in [0.4, 0.5) is 10.5 Å². The van der Waals surface area contributed by atoms with E-state index in [0.717, 1.165) is 0 Å². The summed E-state index contributed by atoms with van der Waals surface area (Å²) in [6.07, 6.45) is 3.73. The van der Waals surface area contributed by atoms with Crippen molar-refractivity contribution in [2.24, 2.45) is 17.6 Å². The Morgan fingerprint density at radius 2 is 1.69 bits per heavy atom. The number of carbonyl (C=O) groups excluding carboxylic acids is 2. The fourth-order valence-corrected chi connectivity index (χ4v) is 5.17. The summed E-state index contributed by atoms with van der Waals surface area (Å²) in [5.74, 6) is 0.616. The molecule has 2 amide bonds. The molecule has 0 saturated heterocycles. The highest BCUT2D eigenvalue weighted by Gasteiger charge is 2.30. The highest BCUT2D eigenvalue weighted by molar-refractivity contribution is 6.04. The highest BCUT2D eigenvalue weighted by Crippen LogP contribution is 2.45. The van der Waals surface area contributed by atoms with Gasteiger partial charge >= 0.3 is 6.09 Å². The summed E-state index contributed by atoms with van der Waals surface area (Å²) >= 11 is 0. The number of methoxy groups -OCH3 is 5. The molecule has 42 heavy (non-hydrogen) atoms. The standard InChI is InChI=1S/C31H46N2O9/c1-17-13-21-28(40-8)22(16-25(39-7)29(21)41-9)33-30(35)18(2)11-10-12-23(37-5)27(42-31(32)36)20(4)15-19(3)26(34)24(14-17)38-6/h10-12,15-17,19,23-24,26-27,34H,13-14H2,1-9H3,(H2,32,36)(H,33,35)/b12-10-,18-11+,20-15+/t17-,19+,23?,24+,26-,27+/m1/s1. The van der Waals surface area contributed by atoms with Crippen LogP contribution in [0.5, 0.6) is 17.2 Å². The summed E-state index contributed by atoms with van der Waals surface area (Å²) in [6.45, 7) is 7.33. The molecule has 11 nitrogen and oxygen atoms in total. The Hall–Kier alpha value is -3.54. The molecule has 1 aliphatic rings. The Balaban J connectivity index is 2.72. The van der Waals surface area contributed by atoms with Crippen LogP contribution in [-0.4, -0.2) is 77.1 Å². The molecule has 234 valence electrons. The number of amides is 2. The summed E-state index contributed by atoms with van der Waals surface area (Å²) in [4.78, 5) is 25.0. The Morgan fingerprint density at radius 1 is 1.02 bits per heavy atom. The Morgan fingerprint density at radius 3 is 2.24 bits per heavy atom. The van der Waals surface area contributed by atoms with E-state index < -0.39 is 30.5 Å². The Bertz CT molecular complexity index is 1180. The second-order valence-corrected chi connectivity index (χ2v) is 10.5. The fraction of sp³-hybridized carbons (Fsp3) is 0.548. The maximum absolute atomic E-state index is 13.2. The molecule has 0 radical (unpaired) electrons. The van der Waals surface area contributed by atoms with Gasteiger partial charge in [-0.15, -0.1) is 0 Å². The van der Waals surface area contributed by atoms with Gasteiger partial charge in [-0.05, 0) is 38.2 Å². The third-order valence-corrected chi connectivity index (χ3v) is 7.37. The highest BCUT2D eigenvalue weighted by atomic mass is 16.6. The first-order valence-corrected chi connectivity index (χ1v) is 13.8. The minimum absolute atomic E-state index is 0.0166. The van der Waals surface area contributed by atoms with Crippen molar-refractivity contribution in [3.8, 4) is 17.2 Å². The van der Waals surface area contributed by atoms with Crippen molar-refractivity contribution in [3.05, 3.63) is 47.1 Å². The molecule has 0 aliphatic carbocycles. The van der Waals surface area contributed by atoms with Crippen LogP contribution >= 0.6 is 0 Å². The van der Waals surface area contributed by atoms with E-state index in [1.165, 1.54) is 21.3 Å². The lowest BCUT2D eigenvalue weighted by atomic mass is 9.87. The van der Waals surface area contributed by atoms with Crippen molar-refractivity contribution in [1.29, 1.82) is 0 Å². The number of aliphatic hydroxyl groups is 1. The predicted octanol–water partition coefficient (Wildman–Crippen LogP) is 4.17. The van der Waals surface area contributed by atoms with Crippen LogP contribution in [0.15, 0.2) is 41.5 Å². The van der Waals surface area contributed by atoms with Crippen molar-refractivity contribution in [2.45, 2.75) is 65.0 Å². The number of hydrogen-bond donors (Lipinski definition) is 3. The Kier molecular flexibility index (Phi) is 13.4. The lowest BCUT2D eigenvalue weighted by molar-refractivity contribution is -0.112. The molecular weight excluding hydrogens is 544 g/mol. The molecule has 6 atom stereocenters. The Labute approximate surface area is 248 Å². The fourth-order valence-electron chi connectivity index (χ4n) is 5.17. The number of aliphatic hydroxyl groups excluding tert-OH is 1. The summed E-state index contributed by atoms with van der Waals surface area (Å²) in [7, 11) is 7.63. The van der Waals surface area contributed by atoms with Crippen LogP contribution in [0.3, 0.4) is 0 Å².